The van der Waals surface area contributed by atoms with E-state index in [-0.39, 0.29) is 11.9 Å². The van der Waals surface area contributed by atoms with Crippen molar-refractivity contribution in [1.29, 1.82) is 0 Å². The van der Waals surface area contributed by atoms with Crippen LogP contribution in [-0.4, -0.2) is 55.0 Å². The Kier molecular flexibility index (Phi) is 5.38. The number of piperidine rings is 2. The number of nitrogens with zero attached hydrogens (tertiary/aromatic N) is 2. The molecular formula is C19H27N3O2. The molecule has 2 heterocycles. The highest BCUT2D eigenvalue weighted by molar-refractivity contribution is 5.94. The van der Waals surface area contributed by atoms with Gasteiger partial charge in [0.25, 0.3) is 5.91 Å². The minimum absolute atomic E-state index is 0.0137. The van der Waals surface area contributed by atoms with Crippen LogP contribution in [0.1, 0.15) is 53.9 Å². The van der Waals surface area contributed by atoms with E-state index < -0.39 is 0 Å². The van der Waals surface area contributed by atoms with Crippen LogP contribution in [-0.2, 0) is 0 Å². The first-order chi connectivity index (χ1) is 11.7. The molecule has 5 nitrogen and oxygen atoms in total. The number of urea groups is 1. The Morgan fingerprint density at radius 2 is 1.79 bits per heavy atom. The quantitative estimate of drug-likeness (QED) is 0.907. The van der Waals surface area contributed by atoms with E-state index in [1.165, 1.54) is 12.0 Å². The Bertz CT molecular complexity index is 596. The lowest BCUT2D eigenvalue weighted by Gasteiger charge is -2.33. The van der Waals surface area contributed by atoms with Gasteiger partial charge in [-0.2, -0.15) is 0 Å². The van der Waals surface area contributed by atoms with E-state index in [9.17, 15) is 9.59 Å². The Morgan fingerprint density at radius 3 is 2.54 bits per heavy atom. The monoisotopic (exact) mass is 329 g/mol. The largest absolute Gasteiger partial charge is 0.341 e. The summed E-state index contributed by atoms with van der Waals surface area (Å²) in [7, 11) is 1.67. The molecule has 2 aliphatic heterocycles. The Balaban J connectivity index is 1.72. The fourth-order valence-corrected chi connectivity index (χ4v) is 3.80. The molecule has 1 aromatic rings. The smallest absolute Gasteiger partial charge is 0.317 e. The van der Waals surface area contributed by atoms with E-state index >= 15 is 0 Å². The Labute approximate surface area is 144 Å². The second-order valence-electron chi connectivity index (χ2n) is 6.82. The standard InChI is InChI=1S/C19H27N3O2/c1-20-19(24)22-12-6-9-17(14-22)15-7-5-8-16(13-15)18(23)21-10-3-2-4-11-21/h5,7-8,13,17H,2-4,6,9-12,14H2,1H3,(H,20,24). The fourth-order valence-electron chi connectivity index (χ4n) is 3.80. The predicted octanol–water partition coefficient (Wildman–Crippen LogP) is 2.83. The average Bonchev–Trinajstić information content (AvgIpc) is 2.67. The van der Waals surface area contributed by atoms with E-state index in [4.69, 9.17) is 0 Å². The van der Waals surface area contributed by atoms with Gasteiger partial charge in [-0.1, -0.05) is 12.1 Å². The van der Waals surface area contributed by atoms with Crippen molar-refractivity contribution in [1.82, 2.24) is 15.1 Å². The lowest BCUT2D eigenvalue weighted by Crippen LogP contribution is -2.43. The summed E-state index contributed by atoms with van der Waals surface area (Å²) in [6.07, 6.45) is 5.50. The molecule has 1 atom stereocenters. The summed E-state index contributed by atoms with van der Waals surface area (Å²) in [5.74, 6) is 0.459. The lowest BCUT2D eigenvalue weighted by molar-refractivity contribution is 0.0724. The number of hydrogen-bond donors (Lipinski definition) is 1. The molecule has 130 valence electrons. The fraction of sp³-hybridized carbons (Fsp3) is 0.579. The molecule has 5 heteroatoms. The molecule has 2 saturated heterocycles. The molecule has 1 N–H and O–H groups in total. The molecule has 0 aromatic heterocycles. The van der Waals surface area contributed by atoms with E-state index in [0.29, 0.717) is 5.92 Å². The van der Waals surface area contributed by atoms with Crippen molar-refractivity contribution >= 4 is 11.9 Å². The molecule has 0 saturated carbocycles. The SMILES string of the molecule is CNC(=O)N1CCCC(c2cccc(C(=O)N3CCCCC3)c2)C1. The van der Waals surface area contributed by atoms with Crippen LogP contribution >= 0.6 is 0 Å². The Hall–Kier alpha value is -2.04. The van der Waals surface area contributed by atoms with Gasteiger partial charge in [-0.15, -0.1) is 0 Å². The van der Waals surface area contributed by atoms with Crippen molar-refractivity contribution in [2.45, 2.75) is 38.0 Å². The number of carbonyl (C=O) groups is 2. The highest BCUT2D eigenvalue weighted by Gasteiger charge is 2.25. The van der Waals surface area contributed by atoms with Crippen LogP contribution in [0, 0.1) is 0 Å². The maximum atomic E-state index is 12.7. The topological polar surface area (TPSA) is 52.7 Å². The van der Waals surface area contributed by atoms with Crippen LogP contribution in [0.2, 0.25) is 0 Å². The van der Waals surface area contributed by atoms with Crippen molar-refractivity contribution in [3.63, 3.8) is 0 Å². The van der Waals surface area contributed by atoms with Crippen LogP contribution in [0.3, 0.4) is 0 Å². The molecule has 0 radical (unpaired) electrons. The Morgan fingerprint density at radius 1 is 1.04 bits per heavy atom. The van der Waals surface area contributed by atoms with Gasteiger partial charge in [0.1, 0.15) is 0 Å². The van der Waals surface area contributed by atoms with Gasteiger partial charge in [-0.3, -0.25) is 4.79 Å². The molecule has 0 spiro atoms. The maximum absolute atomic E-state index is 12.7. The summed E-state index contributed by atoms with van der Waals surface area (Å²) in [6.45, 7) is 3.28. The van der Waals surface area contributed by atoms with E-state index in [2.05, 4.69) is 11.4 Å². The number of amides is 3. The summed E-state index contributed by atoms with van der Waals surface area (Å²) in [5, 5.41) is 2.71. The third kappa shape index (κ3) is 3.71. The van der Waals surface area contributed by atoms with Crippen molar-refractivity contribution in [2.75, 3.05) is 33.2 Å². The van der Waals surface area contributed by atoms with Gasteiger partial charge < -0.3 is 15.1 Å². The highest BCUT2D eigenvalue weighted by Crippen LogP contribution is 2.28. The second-order valence-corrected chi connectivity index (χ2v) is 6.82. The van der Waals surface area contributed by atoms with Gasteiger partial charge in [-0.05, 0) is 49.8 Å². The van der Waals surface area contributed by atoms with Crippen molar-refractivity contribution in [2.24, 2.45) is 0 Å². The number of likely N-dealkylation sites (tertiary alicyclic amines) is 2. The zero-order valence-corrected chi connectivity index (χ0v) is 14.5. The van der Waals surface area contributed by atoms with Gasteiger partial charge in [-0.25, -0.2) is 4.79 Å². The molecule has 3 amide bonds. The normalized spacial score (nSPS) is 21.5. The summed E-state index contributed by atoms with van der Waals surface area (Å²) < 4.78 is 0. The number of hydrogen-bond acceptors (Lipinski definition) is 2. The second kappa shape index (κ2) is 7.69. The first-order valence-electron chi connectivity index (χ1n) is 9.05. The third-order valence-corrected chi connectivity index (χ3v) is 5.17. The molecule has 0 aliphatic carbocycles. The lowest BCUT2D eigenvalue weighted by atomic mass is 9.89. The summed E-state index contributed by atoms with van der Waals surface area (Å²) in [5.41, 5.74) is 1.96. The molecule has 24 heavy (non-hydrogen) atoms. The first-order valence-corrected chi connectivity index (χ1v) is 9.05. The molecule has 2 fully saturated rings. The highest BCUT2D eigenvalue weighted by atomic mass is 16.2. The number of benzene rings is 1. The molecule has 2 aliphatic rings. The van der Waals surface area contributed by atoms with Crippen molar-refractivity contribution < 1.29 is 9.59 Å². The summed E-state index contributed by atoms with van der Waals surface area (Å²) >= 11 is 0. The predicted molar refractivity (Wildman–Crippen MR) is 94.2 cm³/mol. The zero-order chi connectivity index (χ0) is 16.9. The van der Waals surface area contributed by atoms with Gasteiger partial charge in [0.15, 0.2) is 0 Å². The van der Waals surface area contributed by atoms with Gasteiger partial charge in [0.2, 0.25) is 0 Å². The van der Waals surface area contributed by atoms with Crippen LogP contribution in [0.4, 0.5) is 4.79 Å². The van der Waals surface area contributed by atoms with E-state index in [1.54, 1.807) is 7.05 Å². The minimum atomic E-state index is -0.0137. The van der Waals surface area contributed by atoms with Crippen molar-refractivity contribution in [3.05, 3.63) is 35.4 Å². The van der Waals surface area contributed by atoms with E-state index in [0.717, 1.165) is 57.4 Å². The van der Waals surface area contributed by atoms with Crippen molar-refractivity contribution in [3.8, 4) is 0 Å². The third-order valence-electron chi connectivity index (χ3n) is 5.17. The minimum Gasteiger partial charge on any atom is -0.341 e. The summed E-state index contributed by atoms with van der Waals surface area (Å²) in [6, 6.07) is 8.01. The maximum Gasteiger partial charge on any atom is 0.317 e. The number of rotatable bonds is 2. The molecule has 0 bridgehead atoms. The molecule has 3 rings (SSSR count). The molecular weight excluding hydrogens is 302 g/mol. The van der Waals surface area contributed by atoms with E-state index in [1.807, 2.05) is 28.0 Å². The van der Waals surface area contributed by atoms with Crippen LogP contribution < -0.4 is 5.32 Å². The first kappa shape index (κ1) is 16.8. The van der Waals surface area contributed by atoms with Crippen LogP contribution in [0.15, 0.2) is 24.3 Å². The van der Waals surface area contributed by atoms with Crippen LogP contribution in [0.25, 0.3) is 0 Å². The van der Waals surface area contributed by atoms with Crippen LogP contribution in [0.5, 0.6) is 0 Å². The average molecular weight is 329 g/mol. The van der Waals surface area contributed by atoms with Gasteiger partial charge >= 0.3 is 6.03 Å². The molecule has 1 unspecified atom stereocenters. The number of carbonyl (C=O) groups excluding carboxylic acids is 2. The molecule has 1 aromatic carbocycles. The summed E-state index contributed by atoms with van der Waals surface area (Å²) in [4.78, 5) is 28.4. The van der Waals surface area contributed by atoms with Gasteiger partial charge in [0, 0.05) is 44.7 Å². The zero-order valence-electron chi connectivity index (χ0n) is 14.5. The number of nitrogens with one attached hydrogen (secondary N) is 1. The van der Waals surface area contributed by atoms with Gasteiger partial charge in [0.05, 0.1) is 0 Å².